The van der Waals surface area contributed by atoms with E-state index in [1.807, 2.05) is 11.4 Å². The van der Waals surface area contributed by atoms with E-state index in [9.17, 15) is 18.0 Å². The number of nitrogens with zero attached hydrogens (tertiary/aromatic N) is 2. The molecular formula is C14H17F3N2OS. The third-order valence-electron chi connectivity index (χ3n) is 4.26. The molecule has 1 aromatic rings. The van der Waals surface area contributed by atoms with Crippen LogP contribution in [0.3, 0.4) is 0 Å². The van der Waals surface area contributed by atoms with Crippen LogP contribution in [0.1, 0.15) is 30.9 Å². The summed E-state index contributed by atoms with van der Waals surface area (Å²) < 4.78 is 37.4. The van der Waals surface area contributed by atoms with E-state index in [1.165, 1.54) is 5.56 Å². The van der Waals surface area contributed by atoms with Crippen LogP contribution in [0.2, 0.25) is 0 Å². The van der Waals surface area contributed by atoms with E-state index >= 15 is 0 Å². The fraction of sp³-hybridized carbons (Fsp3) is 0.643. The molecule has 0 unspecified atom stereocenters. The van der Waals surface area contributed by atoms with Gasteiger partial charge in [0.1, 0.15) is 6.54 Å². The Morgan fingerprint density at radius 3 is 2.71 bits per heavy atom. The number of hydrogen-bond acceptors (Lipinski definition) is 3. The van der Waals surface area contributed by atoms with E-state index in [4.69, 9.17) is 0 Å². The van der Waals surface area contributed by atoms with Gasteiger partial charge in [-0.3, -0.25) is 9.69 Å². The lowest BCUT2D eigenvalue weighted by Gasteiger charge is -2.29. The average molecular weight is 318 g/mol. The molecular weight excluding hydrogens is 301 g/mol. The molecule has 2 atom stereocenters. The molecule has 116 valence electrons. The highest BCUT2D eigenvalue weighted by Crippen LogP contribution is 2.37. The van der Waals surface area contributed by atoms with Crippen LogP contribution in [0.25, 0.3) is 0 Å². The summed E-state index contributed by atoms with van der Waals surface area (Å²) in [6.07, 6.45) is -1.86. The van der Waals surface area contributed by atoms with E-state index in [0.717, 1.165) is 24.3 Å². The van der Waals surface area contributed by atoms with Crippen LogP contribution < -0.4 is 0 Å². The van der Waals surface area contributed by atoms with E-state index in [2.05, 4.69) is 10.3 Å². The highest BCUT2D eigenvalue weighted by Gasteiger charge is 2.44. The van der Waals surface area contributed by atoms with Crippen molar-refractivity contribution in [2.45, 2.75) is 37.5 Å². The van der Waals surface area contributed by atoms with Gasteiger partial charge in [0.2, 0.25) is 5.91 Å². The second-order valence-electron chi connectivity index (χ2n) is 5.63. The van der Waals surface area contributed by atoms with Crippen LogP contribution in [0, 0.1) is 0 Å². The summed E-state index contributed by atoms with van der Waals surface area (Å²) in [5, 5.41) is 4.06. The first-order chi connectivity index (χ1) is 9.96. The smallest absolute Gasteiger partial charge is 0.332 e. The van der Waals surface area contributed by atoms with Gasteiger partial charge in [-0.25, -0.2) is 0 Å². The maximum Gasteiger partial charge on any atom is 0.406 e. The lowest BCUT2D eigenvalue weighted by atomic mass is 10.1. The van der Waals surface area contributed by atoms with Gasteiger partial charge in [0.05, 0.1) is 6.04 Å². The standard InChI is InChI=1S/C14H17F3N2OS/c15-14(16,17)9-18-6-3-12(13(18)20)19-5-1-2-11(19)10-4-7-21-8-10/h4,7-8,11-12H,1-3,5-6,9H2/t11-,12-/m1/s1. The lowest BCUT2D eigenvalue weighted by molar-refractivity contribution is -0.159. The summed E-state index contributed by atoms with van der Waals surface area (Å²) in [5.74, 6) is -0.366. The van der Waals surface area contributed by atoms with Gasteiger partial charge in [0.25, 0.3) is 0 Å². The zero-order valence-electron chi connectivity index (χ0n) is 11.5. The monoisotopic (exact) mass is 318 g/mol. The number of thiophene rings is 1. The van der Waals surface area contributed by atoms with Crippen LogP contribution in [0.5, 0.6) is 0 Å². The molecule has 0 bridgehead atoms. The third kappa shape index (κ3) is 3.08. The average Bonchev–Trinajstić information content (AvgIpc) is 3.09. The Labute approximate surface area is 125 Å². The molecule has 2 fully saturated rings. The number of amides is 1. The van der Waals surface area contributed by atoms with Crippen LogP contribution >= 0.6 is 11.3 Å². The van der Waals surface area contributed by atoms with Gasteiger partial charge in [0, 0.05) is 12.6 Å². The van der Waals surface area contributed by atoms with E-state index in [-0.39, 0.29) is 24.5 Å². The van der Waals surface area contributed by atoms with E-state index in [1.54, 1.807) is 11.3 Å². The minimum absolute atomic E-state index is 0.177. The maximum atomic E-state index is 12.5. The van der Waals surface area contributed by atoms with Crippen molar-refractivity contribution in [1.29, 1.82) is 0 Å². The third-order valence-corrected chi connectivity index (χ3v) is 4.96. The normalized spacial score (nSPS) is 27.8. The van der Waals surface area contributed by atoms with Crippen molar-refractivity contribution in [3.05, 3.63) is 22.4 Å². The molecule has 0 aliphatic carbocycles. The predicted octanol–water partition coefficient (Wildman–Crippen LogP) is 3.05. The maximum absolute atomic E-state index is 12.5. The van der Waals surface area contributed by atoms with Crippen LogP contribution in [-0.2, 0) is 4.79 Å². The number of carbonyl (C=O) groups is 1. The molecule has 0 aromatic carbocycles. The lowest BCUT2D eigenvalue weighted by Crippen LogP contribution is -2.43. The number of halogens is 3. The first-order valence-corrected chi connectivity index (χ1v) is 8.03. The van der Waals surface area contributed by atoms with Crippen molar-refractivity contribution in [1.82, 2.24) is 9.80 Å². The molecule has 0 radical (unpaired) electrons. The number of likely N-dealkylation sites (tertiary alicyclic amines) is 2. The molecule has 2 saturated heterocycles. The first kappa shape index (κ1) is 14.8. The van der Waals surface area contributed by atoms with E-state index in [0.29, 0.717) is 6.42 Å². The van der Waals surface area contributed by atoms with Gasteiger partial charge in [-0.1, -0.05) is 0 Å². The SMILES string of the molecule is O=C1[C@H](N2CCC[C@@H]2c2ccsc2)CCN1CC(F)(F)F. The molecule has 1 aromatic heterocycles. The van der Waals surface area contributed by atoms with Gasteiger partial charge in [-0.2, -0.15) is 24.5 Å². The molecule has 0 N–H and O–H groups in total. The molecule has 2 aliphatic heterocycles. The van der Waals surface area contributed by atoms with Gasteiger partial charge >= 0.3 is 6.18 Å². The topological polar surface area (TPSA) is 23.6 Å². The highest BCUT2D eigenvalue weighted by molar-refractivity contribution is 7.07. The Hall–Kier alpha value is -1.08. The second kappa shape index (κ2) is 5.61. The van der Waals surface area contributed by atoms with Crippen molar-refractivity contribution < 1.29 is 18.0 Å². The molecule has 3 nitrogen and oxygen atoms in total. The predicted molar refractivity (Wildman–Crippen MR) is 74.0 cm³/mol. The molecule has 0 saturated carbocycles. The summed E-state index contributed by atoms with van der Waals surface area (Å²) in [5.41, 5.74) is 1.18. The first-order valence-electron chi connectivity index (χ1n) is 7.09. The molecule has 0 spiro atoms. The Bertz CT molecular complexity index is 503. The Morgan fingerprint density at radius 1 is 1.24 bits per heavy atom. The van der Waals surface area contributed by atoms with Crippen molar-refractivity contribution in [2.75, 3.05) is 19.6 Å². The zero-order chi connectivity index (χ0) is 15.0. The quantitative estimate of drug-likeness (QED) is 0.855. The Balaban J connectivity index is 1.71. The molecule has 3 heterocycles. The molecule has 3 rings (SSSR count). The van der Waals surface area contributed by atoms with Gasteiger partial charge in [0.15, 0.2) is 0 Å². The van der Waals surface area contributed by atoms with Crippen molar-refractivity contribution in [3.8, 4) is 0 Å². The van der Waals surface area contributed by atoms with Crippen LogP contribution in [-0.4, -0.2) is 47.6 Å². The Morgan fingerprint density at radius 2 is 2.05 bits per heavy atom. The largest absolute Gasteiger partial charge is 0.406 e. The summed E-state index contributed by atoms with van der Waals surface area (Å²) in [7, 11) is 0. The fourth-order valence-corrected chi connectivity index (χ4v) is 4.10. The Kier molecular flexibility index (Phi) is 3.96. The highest BCUT2D eigenvalue weighted by atomic mass is 32.1. The molecule has 2 aliphatic rings. The fourth-order valence-electron chi connectivity index (χ4n) is 3.39. The van der Waals surface area contributed by atoms with Crippen molar-refractivity contribution >= 4 is 17.2 Å². The number of rotatable bonds is 3. The van der Waals surface area contributed by atoms with Gasteiger partial charge < -0.3 is 4.90 Å². The minimum Gasteiger partial charge on any atom is -0.332 e. The van der Waals surface area contributed by atoms with Crippen molar-refractivity contribution in [3.63, 3.8) is 0 Å². The molecule has 1 amide bonds. The molecule has 7 heteroatoms. The minimum atomic E-state index is -4.32. The second-order valence-corrected chi connectivity index (χ2v) is 6.41. The number of hydrogen-bond donors (Lipinski definition) is 0. The molecule has 21 heavy (non-hydrogen) atoms. The van der Waals surface area contributed by atoms with Crippen molar-refractivity contribution in [2.24, 2.45) is 0 Å². The van der Waals surface area contributed by atoms with Gasteiger partial charge in [-0.15, -0.1) is 0 Å². The number of alkyl halides is 3. The summed E-state index contributed by atoms with van der Waals surface area (Å²) in [6.45, 7) is -0.133. The van der Waals surface area contributed by atoms with Crippen LogP contribution in [0.15, 0.2) is 16.8 Å². The zero-order valence-corrected chi connectivity index (χ0v) is 12.3. The summed E-state index contributed by atoms with van der Waals surface area (Å²) in [6, 6.07) is 1.83. The van der Waals surface area contributed by atoms with Crippen LogP contribution in [0.4, 0.5) is 13.2 Å². The van der Waals surface area contributed by atoms with Gasteiger partial charge in [-0.05, 0) is 48.2 Å². The summed E-state index contributed by atoms with van der Waals surface area (Å²) >= 11 is 1.61. The summed E-state index contributed by atoms with van der Waals surface area (Å²) in [4.78, 5) is 15.3. The number of carbonyl (C=O) groups excluding carboxylic acids is 1. The van der Waals surface area contributed by atoms with E-state index < -0.39 is 12.7 Å².